The average molecular weight is 491 g/mol. The molecule has 0 radical (unpaired) electrons. The summed E-state index contributed by atoms with van der Waals surface area (Å²) in [6, 6.07) is 15.3. The zero-order chi connectivity index (χ0) is 25.0. The van der Waals surface area contributed by atoms with E-state index >= 15 is 0 Å². The number of rotatable bonds is 4. The number of amides is 4. The van der Waals surface area contributed by atoms with Gasteiger partial charge in [0.25, 0.3) is 0 Å². The second-order valence-electron chi connectivity index (χ2n) is 11.5. The van der Waals surface area contributed by atoms with Gasteiger partial charge < -0.3 is 0 Å². The van der Waals surface area contributed by atoms with Gasteiger partial charge in [0.1, 0.15) is 0 Å². The molecule has 8 rings (SSSR count). The fraction of sp³-hybridized carbons (Fsp3) is 0.355. The van der Waals surface area contributed by atoms with Gasteiger partial charge in [-0.05, 0) is 78.3 Å². The van der Waals surface area contributed by atoms with E-state index < -0.39 is 0 Å². The molecule has 4 bridgehead atoms. The zero-order valence-corrected chi connectivity index (χ0v) is 20.2. The first kappa shape index (κ1) is 21.3. The molecule has 2 saturated heterocycles. The Labute approximate surface area is 214 Å². The molecule has 37 heavy (non-hydrogen) atoms. The first-order valence-corrected chi connectivity index (χ1v) is 13.3. The number of carbonyl (C=O) groups excluding carboxylic acids is 4. The molecule has 2 aliphatic heterocycles. The van der Waals surface area contributed by atoms with Crippen LogP contribution < -0.4 is 9.80 Å². The smallest absolute Gasteiger partial charge is 0.238 e. The van der Waals surface area contributed by atoms with Crippen molar-refractivity contribution >= 4 is 35.0 Å². The molecule has 4 fully saturated rings. The minimum Gasteiger partial charge on any atom is -0.274 e. The van der Waals surface area contributed by atoms with Gasteiger partial charge in [0.15, 0.2) is 0 Å². The number of imide groups is 2. The fourth-order valence-corrected chi connectivity index (χ4v) is 8.08. The summed E-state index contributed by atoms with van der Waals surface area (Å²) in [7, 11) is 0. The van der Waals surface area contributed by atoms with Gasteiger partial charge in [-0.25, -0.2) is 0 Å². The molecule has 4 aliphatic carbocycles. The summed E-state index contributed by atoms with van der Waals surface area (Å²) < 4.78 is 0. The minimum absolute atomic E-state index is 0.0610. The summed E-state index contributed by atoms with van der Waals surface area (Å²) in [5, 5.41) is 0. The molecule has 2 saturated carbocycles. The summed E-state index contributed by atoms with van der Waals surface area (Å²) in [4.78, 5) is 55.1. The molecule has 0 aromatic heterocycles. The van der Waals surface area contributed by atoms with Gasteiger partial charge in [0.2, 0.25) is 23.6 Å². The first-order chi connectivity index (χ1) is 18.0. The van der Waals surface area contributed by atoms with Crippen LogP contribution in [0, 0.1) is 47.3 Å². The maximum Gasteiger partial charge on any atom is 0.238 e. The van der Waals surface area contributed by atoms with Crippen LogP contribution in [0.3, 0.4) is 0 Å². The van der Waals surface area contributed by atoms with Crippen molar-refractivity contribution in [2.75, 3.05) is 9.80 Å². The molecule has 6 nitrogen and oxygen atoms in total. The third-order valence-electron chi connectivity index (χ3n) is 9.74. The molecular formula is C31H26N2O4. The van der Waals surface area contributed by atoms with Crippen molar-refractivity contribution in [3.8, 4) is 0 Å². The van der Waals surface area contributed by atoms with Crippen LogP contribution in [0.15, 0.2) is 72.8 Å². The molecule has 6 heteroatoms. The third-order valence-corrected chi connectivity index (χ3v) is 9.74. The number of hydrogen-bond donors (Lipinski definition) is 0. The quantitative estimate of drug-likeness (QED) is 0.481. The fourth-order valence-electron chi connectivity index (χ4n) is 8.08. The molecule has 4 amide bonds. The largest absolute Gasteiger partial charge is 0.274 e. The summed E-state index contributed by atoms with van der Waals surface area (Å²) in [5.74, 6) is -0.198. The molecule has 6 aliphatic rings. The van der Waals surface area contributed by atoms with Gasteiger partial charge in [-0.1, -0.05) is 48.6 Å². The third kappa shape index (κ3) is 2.81. The second kappa shape index (κ2) is 7.37. The zero-order valence-electron chi connectivity index (χ0n) is 20.2. The number of anilines is 2. The van der Waals surface area contributed by atoms with Crippen LogP contribution in [0.25, 0.3) is 0 Å². The molecule has 2 aromatic rings. The second-order valence-corrected chi connectivity index (χ2v) is 11.5. The Morgan fingerprint density at radius 1 is 0.486 bits per heavy atom. The van der Waals surface area contributed by atoms with E-state index in [-0.39, 0.29) is 71.0 Å². The van der Waals surface area contributed by atoms with E-state index in [4.69, 9.17) is 0 Å². The van der Waals surface area contributed by atoms with Crippen molar-refractivity contribution in [1.82, 2.24) is 0 Å². The lowest BCUT2D eigenvalue weighted by atomic mass is 9.85. The molecule has 0 N–H and O–H groups in total. The Morgan fingerprint density at radius 2 is 0.784 bits per heavy atom. The van der Waals surface area contributed by atoms with Gasteiger partial charge in [-0.3, -0.25) is 29.0 Å². The normalized spacial score (nSPS) is 36.4. The van der Waals surface area contributed by atoms with Crippen LogP contribution in [0.2, 0.25) is 0 Å². The van der Waals surface area contributed by atoms with Crippen molar-refractivity contribution in [2.24, 2.45) is 47.3 Å². The topological polar surface area (TPSA) is 74.8 Å². The highest BCUT2D eigenvalue weighted by molar-refractivity contribution is 6.23. The standard InChI is InChI=1S/C31H26N2O4/c34-28-24-18-5-6-19(14-18)25(24)29(35)32(28)22-9-1-16(2-10-22)13-17-3-11-23(12-4-17)33-30(36)26-20-7-8-21(15-20)27(26)31(33)37/h1-12,18-21,24-27H,13-15H2/t18-,19-,20-,21+,24-,25+,26-,27-/m0/s1. The summed E-state index contributed by atoms with van der Waals surface area (Å²) in [5.41, 5.74) is 3.40. The maximum atomic E-state index is 13.1. The summed E-state index contributed by atoms with van der Waals surface area (Å²) in [6.07, 6.45) is 11.0. The number of benzene rings is 2. The molecule has 8 atom stereocenters. The van der Waals surface area contributed by atoms with E-state index in [0.717, 1.165) is 24.0 Å². The Bertz CT molecular complexity index is 1270. The van der Waals surface area contributed by atoms with E-state index in [0.29, 0.717) is 17.8 Å². The number of allylic oxidation sites excluding steroid dienone is 4. The number of fused-ring (bicyclic) bond motifs is 10. The van der Waals surface area contributed by atoms with Crippen LogP contribution in [0.4, 0.5) is 11.4 Å². The van der Waals surface area contributed by atoms with Crippen molar-refractivity contribution < 1.29 is 19.2 Å². The SMILES string of the molecule is O=C1[C@@H]2[C@@H](C(=O)N1c1ccc(Cc3ccc(N4C(=O)[C@@H]5[C@H](C4=O)[C@H]4C=C[C@H]5C4)cc3)cc1)[C@H]1C=C[C@@H]2C1. The van der Waals surface area contributed by atoms with Crippen molar-refractivity contribution in [2.45, 2.75) is 19.3 Å². The van der Waals surface area contributed by atoms with Crippen LogP contribution in [0.5, 0.6) is 0 Å². The van der Waals surface area contributed by atoms with E-state index in [9.17, 15) is 19.2 Å². The maximum absolute atomic E-state index is 13.1. The predicted molar refractivity (Wildman–Crippen MR) is 136 cm³/mol. The van der Waals surface area contributed by atoms with Crippen molar-refractivity contribution in [3.05, 3.63) is 84.0 Å². The number of nitrogens with zero attached hydrogens (tertiary/aromatic N) is 2. The van der Waals surface area contributed by atoms with E-state index in [1.165, 1.54) is 9.80 Å². The Balaban J connectivity index is 0.973. The molecule has 184 valence electrons. The molecular weight excluding hydrogens is 464 g/mol. The highest BCUT2D eigenvalue weighted by atomic mass is 16.2. The van der Waals surface area contributed by atoms with Gasteiger partial charge in [-0.15, -0.1) is 0 Å². The Morgan fingerprint density at radius 3 is 1.08 bits per heavy atom. The lowest BCUT2D eigenvalue weighted by molar-refractivity contribution is -0.124. The van der Waals surface area contributed by atoms with Crippen LogP contribution >= 0.6 is 0 Å². The average Bonchev–Trinajstić information content (AvgIpc) is 3.74. The Kier molecular flexibility index (Phi) is 4.24. The number of hydrogen-bond acceptors (Lipinski definition) is 4. The summed E-state index contributed by atoms with van der Waals surface area (Å²) >= 11 is 0. The predicted octanol–water partition coefficient (Wildman–Crippen LogP) is 3.90. The lowest BCUT2D eigenvalue weighted by Crippen LogP contribution is -2.32. The molecule has 2 heterocycles. The highest BCUT2D eigenvalue weighted by Gasteiger charge is 2.60. The molecule has 0 unspecified atom stereocenters. The summed E-state index contributed by atoms with van der Waals surface area (Å²) in [6.45, 7) is 0. The Hall–Kier alpha value is -3.80. The van der Waals surface area contributed by atoms with E-state index in [1.807, 2.05) is 48.5 Å². The van der Waals surface area contributed by atoms with Gasteiger partial charge in [0.05, 0.1) is 35.0 Å². The highest BCUT2D eigenvalue weighted by Crippen LogP contribution is 2.54. The minimum atomic E-state index is -0.193. The van der Waals surface area contributed by atoms with Crippen molar-refractivity contribution in [1.29, 1.82) is 0 Å². The lowest BCUT2D eigenvalue weighted by Gasteiger charge is -2.18. The van der Waals surface area contributed by atoms with Crippen molar-refractivity contribution in [3.63, 3.8) is 0 Å². The van der Waals surface area contributed by atoms with Crippen LogP contribution in [0.1, 0.15) is 24.0 Å². The first-order valence-electron chi connectivity index (χ1n) is 13.3. The van der Waals surface area contributed by atoms with E-state index in [2.05, 4.69) is 24.3 Å². The van der Waals surface area contributed by atoms with Crippen LogP contribution in [-0.4, -0.2) is 23.6 Å². The monoisotopic (exact) mass is 490 g/mol. The van der Waals surface area contributed by atoms with Gasteiger partial charge in [-0.2, -0.15) is 0 Å². The molecule has 2 aromatic carbocycles. The van der Waals surface area contributed by atoms with Gasteiger partial charge >= 0.3 is 0 Å². The molecule has 0 spiro atoms. The number of carbonyl (C=O) groups is 4. The van der Waals surface area contributed by atoms with Gasteiger partial charge in [0, 0.05) is 0 Å². The van der Waals surface area contributed by atoms with Crippen LogP contribution in [-0.2, 0) is 25.6 Å². The van der Waals surface area contributed by atoms with E-state index in [1.54, 1.807) is 0 Å².